The number of fused-ring (bicyclic) bond motifs is 1. The SMILES string of the molecule is CCCc1c2nc(-c3cc(S(=O)(=O)N4CCN(CC)CC4)cnc3OCCOCc3ccccc3)[nH]c(=O)c2nn1Cc1ccccn1. The van der Waals surface area contributed by atoms with Gasteiger partial charge in [-0.05, 0) is 36.7 Å². The molecule has 1 aliphatic heterocycles. The van der Waals surface area contributed by atoms with Crippen molar-refractivity contribution in [3.05, 3.63) is 94.3 Å². The highest BCUT2D eigenvalue weighted by Crippen LogP contribution is 2.30. The van der Waals surface area contributed by atoms with Gasteiger partial charge in [-0.1, -0.05) is 56.7 Å². The lowest BCUT2D eigenvalue weighted by Gasteiger charge is -2.33. The molecule has 1 aromatic carbocycles. The molecule has 0 saturated carbocycles. The van der Waals surface area contributed by atoms with E-state index in [9.17, 15) is 13.2 Å². The van der Waals surface area contributed by atoms with Crippen LogP contribution >= 0.6 is 0 Å². The quantitative estimate of drug-likeness (QED) is 0.174. The largest absolute Gasteiger partial charge is 0.475 e. The second kappa shape index (κ2) is 15.2. The van der Waals surface area contributed by atoms with E-state index in [1.807, 2.05) is 55.5 Å². The number of aromatic amines is 1. The molecule has 13 nitrogen and oxygen atoms in total. The maximum Gasteiger partial charge on any atom is 0.279 e. The molecule has 1 saturated heterocycles. The number of hydrogen-bond acceptors (Lipinski definition) is 10. The van der Waals surface area contributed by atoms with Crippen molar-refractivity contribution in [3.8, 4) is 17.3 Å². The summed E-state index contributed by atoms with van der Waals surface area (Å²) in [7, 11) is -3.88. The number of hydrogen-bond donors (Lipinski definition) is 1. The molecule has 48 heavy (non-hydrogen) atoms. The van der Waals surface area contributed by atoms with Gasteiger partial charge in [0.2, 0.25) is 15.9 Å². The van der Waals surface area contributed by atoms with Crippen molar-refractivity contribution in [2.24, 2.45) is 0 Å². The van der Waals surface area contributed by atoms with Crippen molar-refractivity contribution in [3.63, 3.8) is 0 Å². The number of rotatable bonds is 14. The molecule has 0 amide bonds. The topological polar surface area (TPSA) is 148 Å². The molecule has 4 aromatic heterocycles. The molecule has 0 unspecified atom stereocenters. The minimum absolute atomic E-state index is 0.00231. The van der Waals surface area contributed by atoms with Crippen LogP contribution in [-0.4, -0.2) is 93.3 Å². The van der Waals surface area contributed by atoms with Gasteiger partial charge in [-0.3, -0.25) is 14.5 Å². The number of aryl methyl sites for hydroxylation is 1. The number of H-pyrrole nitrogens is 1. The number of piperazine rings is 1. The maximum atomic E-state index is 13.8. The zero-order valence-corrected chi connectivity index (χ0v) is 28.0. The average Bonchev–Trinajstić information content (AvgIpc) is 3.46. The molecule has 0 aliphatic carbocycles. The van der Waals surface area contributed by atoms with Gasteiger partial charge in [-0.2, -0.15) is 9.40 Å². The number of benzene rings is 1. The van der Waals surface area contributed by atoms with Crippen LogP contribution in [0.15, 0.2) is 76.7 Å². The molecule has 1 aliphatic rings. The summed E-state index contributed by atoms with van der Waals surface area (Å²) in [5.74, 6) is 0.274. The molecule has 1 N–H and O–H groups in total. The number of likely N-dealkylation sites (N-methyl/N-ethyl adjacent to an activating group) is 1. The van der Waals surface area contributed by atoms with Gasteiger partial charge in [0, 0.05) is 32.4 Å². The molecule has 0 atom stereocenters. The monoisotopic (exact) mass is 672 g/mol. The number of ether oxygens (including phenoxy) is 2. The molecule has 5 aromatic rings. The highest BCUT2D eigenvalue weighted by Gasteiger charge is 2.30. The number of nitrogens with one attached hydrogen (secondary N) is 1. The molecule has 252 valence electrons. The Morgan fingerprint density at radius 2 is 1.73 bits per heavy atom. The summed E-state index contributed by atoms with van der Waals surface area (Å²) in [6, 6.07) is 16.9. The molecule has 0 bridgehead atoms. The van der Waals surface area contributed by atoms with Crippen LogP contribution in [0, 0.1) is 0 Å². The van der Waals surface area contributed by atoms with Gasteiger partial charge in [0.1, 0.15) is 22.8 Å². The molecule has 5 heterocycles. The highest BCUT2D eigenvalue weighted by atomic mass is 32.2. The third-order valence-electron chi connectivity index (χ3n) is 8.30. The maximum absolute atomic E-state index is 13.8. The van der Waals surface area contributed by atoms with Gasteiger partial charge in [-0.15, -0.1) is 0 Å². The third-order valence-corrected chi connectivity index (χ3v) is 10.2. The molecular weight excluding hydrogens is 632 g/mol. The van der Waals surface area contributed by atoms with Crippen LogP contribution in [0.1, 0.15) is 37.2 Å². The summed E-state index contributed by atoms with van der Waals surface area (Å²) < 4.78 is 42.7. The van der Waals surface area contributed by atoms with Crippen molar-refractivity contribution < 1.29 is 17.9 Å². The predicted molar refractivity (Wildman–Crippen MR) is 181 cm³/mol. The summed E-state index contributed by atoms with van der Waals surface area (Å²) in [6.07, 6.45) is 4.44. The number of pyridine rings is 2. The molecule has 1 fully saturated rings. The van der Waals surface area contributed by atoms with E-state index in [1.165, 1.54) is 16.6 Å². The smallest absolute Gasteiger partial charge is 0.279 e. The lowest BCUT2D eigenvalue weighted by Crippen LogP contribution is -2.48. The first-order valence-electron chi connectivity index (χ1n) is 16.2. The Morgan fingerprint density at radius 1 is 0.938 bits per heavy atom. The van der Waals surface area contributed by atoms with Crippen molar-refractivity contribution in [2.45, 2.75) is 44.7 Å². The van der Waals surface area contributed by atoms with Crippen LogP contribution in [0.2, 0.25) is 0 Å². The molecule has 0 radical (unpaired) electrons. The van der Waals surface area contributed by atoms with E-state index >= 15 is 0 Å². The van der Waals surface area contributed by atoms with E-state index in [0.717, 1.165) is 29.9 Å². The molecule has 0 spiro atoms. The minimum atomic E-state index is -3.88. The lowest BCUT2D eigenvalue weighted by molar-refractivity contribution is 0.0876. The fourth-order valence-electron chi connectivity index (χ4n) is 5.71. The zero-order valence-electron chi connectivity index (χ0n) is 27.2. The van der Waals surface area contributed by atoms with Gasteiger partial charge in [0.15, 0.2) is 5.52 Å². The van der Waals surface area contributed by atoms with Crippen LogP contribution in [0.3, 0.4) is 0 Å². The standard InChI is InChI=1S/C34H40N8O5S/c1-3-10-29-30-31(39-42(29)23-26-13-8-9-14-35-26)33(43)38-32(37-30)28-21-27(48(44,45)41-17-15-40(4-2)16-18-41)22-36-34(28)47-20-19-46-24-25-11-6-5-7-12-25/h5-9,11-14,21-22H,3-4,10,15-20,23-24H2,1-2H3,(H,37,38,43). The normalized spacial score (nSPS) is 14.5. The highest BCUT2D eigenvalue weighted by molar-refractivity contribution is 7.89. The van der Waals surface area contributed by atoms with Gasteiger partial charge < -0.3 is 19.4 Å². The minimum Gasteiger partial charge on any atom is -0.475 e. The van der Waals surface area contributed by atoms with E-state index in [4.69, 9.17) is 14.5 Å². The Bertz CT molecular complexity index is 1990. The van der Waals surface area contributed by atoms with Crippen LogP contribution in [-0.2, 0) is 34.3 Å². The second-order valence-electron chi connectivity index (χ2n) is 11.5. The Hall–Kier alpha value is -4.50. The van der Waals surface area contributed by atoms with Gasteiger partial charge >= 0.3 is 0 Å². The van der Waals surface area contributed by atoms with E-state index in [2.05, 4.69) is 31.9 Å². The Balaban J connectivity index is 1.35. The summed E-state index contributed by atoms with van der Waals surface area (Å²) in [5, 5.41) is 4.61. The van der Waals surface area contributed by atoms with Gasteiger partial charge in [0.05, 0.1) is 42.9 Å². The van der Waals surface area contributed by atoms with E-state index in [0.29, 0.717) is 51.3 Å². The van der Waals surface area contributed by atoms with Gasteiger partial charge in [0.25, 0.3) is 5.56 Å². The summed E-state index contributed by atoms with van der Waals surface area (Å²) in [6.45, 7) is 8.21. The second-order valence-corrected chi connectivity index (χ2v) is 13.5. The first kappa shape index (κ1) is 33.4. The average molecular weight is 673 g/mol. The van der Waals surface area contributed by atoms with Crippen LogP contribution in [0.4, 0.5) is 0 Å². The fourth-order valence-corrected chi connectivity index (χ4v) is 7.10. The Kier molecular flexibility index (Phi) is 10.5. The van der Waals surface area contributed by atoms with Crippen LogP contribution in [0.5, 0.6) is 5.88 Å². The summed E-state index contributed by atoms with van der Waals surface area (Å²) >= 11 is 0. The number of aromatic nitrogens is 6. The van der Waals surface area contributed by atoms with E-state index < -0.39 is 15.6 Å². The van der Waals surface area contributed by atoms with Crippen molar-refractivity contribution >= 4 is 21.1 Å². The summed E-state index contributed by atoms with van der Waals surface area (Å²) in [4.78, 5) is 32.3. The molecular formula is C34H40N8O5S. The fraction of sp³-hybridized carbons (Fsp3) is 0.382. The van der Waals surface area contributed by atoms with Gasteiger partial charge in [-0.25, -0.2) is 18.4 Å². The van der Waals surface area contributed by atoms with E-state index in [-0.39, 0.29) is 40.9 Å². The van der Waals surface area contributed by atoms with Crippen molar-refractivity contribution in [1.29, 1.82) is 0 Å². The lowest BCUT2D eigenvalue weighted by atomic mass is 10.2. The third kappa shape index (κ3) is 7.46. The predicted octanol–water partition coefficient (Wildman–Crippen LogP) is 3.50. The Labute approximate surface area is 279 Å². The molecule has 6 rings (SSSR count). The molecule has 14 heteroatoms. The van der Waals surface area contributed by atoms with Crippen LogP contribution in [0.25, 0.3) is 22.4 Å². The first-order chi connectivity index (χ1) is 23.4. The Morgan fingerprint density at radius 3 is 2.46 bits per heavy atom. The summed E-state index contributed by atoms with van der Waals surface area (Å²) in [5.41, 5.74) is 3.05. The van der Waals surface area contributed by atoms with Crippen molar-refractivity contribution in [2.75, 3.05) is 45.9 Å². The number of sulfonamides is 1. The van der Waals surface area contributed by atoms with E-state index in [1.54, 1.807) is 10.9 Å². The number of nitrogens with zero attached hydrogens (tertiary/aromatic N) is 7. The zero-order chi connectivity index (χ0) is 33.5. The first-order valence-corrected chi connectivity index (χ1v) is 17.7. The van der Waals surface area contributed by atoms with Crippen LogP contribution < -0.4 is 10.3 Å². The van der Waals surface area contributed by atoms with Crippen molar-refractivity contribution in [1.82, 2.24) is 38.9 Å².